The summed E-state index contributed by atoms with van der Waals surface area (Å²) >= 11 is 0. The van der Waals surface area contributed by atoms with E-state index in [9.17, 15) is 23.5 Å². The van der Waals surface area contributed by atoms with Crippen LogP contribution in [-0.2, 0) is 16.0 Å². The number of hydrogen-bond acceptors (Lipinski definition) is 4. The number of rotatable bonds is 8. The molecule has 0 radical (unpaired) electrons. The lowest BCUT2D eigenvalue weighted by Crippen LogP contribution is -2.52. The van der Waals surface area contributed by atoms with Gasteiger partial charge in [-0.1, -0.05) is 18.2 Å². The van der Waals surface area contributed by atoms with E-state index in [0.717, 1.165) is 5.56 Å². The van der Waals surface area contributed by atoms with Gasteiger partial charge in [0, 0.05) is 6.42 Å². The molecule has 1 aromatic heterocycles. The fourth-order valence-electron chi connectivity index (χ4n) is 3.15. The van der Waals surface area contributed by atoms with Crippen molar-refractivity contribution in [2.24, 2.45) is 0 Å². The van der Waals surface area contributed by atoms with E-state index in [-0.39, 0.29) is 17.8 Å². The van der Waals surface area contributed by atoms with E-state index in [0.29, 0.717) is 17.8 Å². The van der Waals surface area contributed by atoms with Gasteiger partial charge in [-0.3, -0.25) is 9.59 Å². The van der Waals surface area contributed by atoms with Gasteiger partial charge in [-0.25, -0.2) is 13.8 Å². The van der Waals surface area contributed by atoms with Crippen molar-refractivity contribution in [3.8, 4) is 0 Å². The molecule has 9 heteroatoms. The average Bonchev–Trinajstić information content (AvgIpc) is 3.17. The number of aryl methyl sites for hydroxylation is 1. The first-order valence-electron chi connectivity index (χ1n) is 9.91. The van der Waals surface area contributed by atoms with Crippen molar-refractivity contribution in [3.05, 3.63) is 65.5 Å². The molecule has 3 rings (SSSR count). The number of amides is 2. The van der Waals surface area contributed by atoms with E-state index in [1.54, 1.807) is 31.2 Å². The molecule has 0 bridgehead atoms. The Balaban J connectivity index is 1.60. The largest absolute Gasteiger partial charge is 0.391 e. The number of nitrogens with one attached hydrogen (secondary N) is 3. The summed E-state index contributed by atoms with van der Waals surface area (Å²) in [4.78, 5) is 32.1. The fraction of sp³-hybridized carbons (Fsp3) is 0.318. The Kier molecular flexibility index (Phi) is 6.96. The Morgan fingerprint density at radius 1 is 1.10 bits per heavy atom. The number of benzene rings is 2. The molecule has 7 nitrogen and oxygen atoms in total. The number of nitrogens with zero attached hydrogens (tertiary/aromatic N) is 1. The highest BCUT2D eigenvalue weighted by atomic mass is 19.1. The number of imidazole rings is 1. The molecule has 4 N–H and O–H groups in total. The highest BCUT2D eigenvalue weighted by molar-refractivity contribution is 5.88. The second-order valence-corrected chi connectivity index (χ2v) is 7.40. The molecule has 0 aliphatic carbocycles. The molecule has 0 saturated carbocycles. The summed E-state index contributed by atoms with van der Waals surface area (Å²) in [6.07, 6.45) is -0.711. The third-order valence-corrected chi connectivity index (χ3v) is 4.89. The molecule has 3 aromatic rings. The summed E-state index contributed by atoms with van der Waals surface area (Å²) in [5.41, 5.74) is 1.44. The molecule has 2 aromatic carbocycles. The zero-order valence-corrected chi connectivity index (χ0v) is 17.2. The molecule has 31 heavy (non-hydrogen) atoms. The van der Waals surface area contributed by atoms with Gasteiger partial charge in [-0.15, -0.1) is 0 Å². The minimum atomic E-state index is -1.18. The number of carbonyl (C=O) groups is 2. The van der Waals surface area contributed by atoms with Crippen molar-refractivity contribution < 1.29 is 23.5 Å². The van der Waals surface area contributed by atoms with Gasteiger partial charge in [-0.2, -0.15) is 0 Å². The molecule has 0 spiro atoms. The minimum Gasteiger partial charge on any atom is -0.391 e. The van der Waals surface area contributed by atoms with Crippen molar-refractivity contribution in [1.82, 2.24) is 20.6 Å². The first-order chi connectivity index (χ1) is 14.7. The molecule has 0 saturated heterocycles. The van der Waals surface area contributed by atoms with Crippen LogP contribution in [0, 0.1) is 11.6 Å². The number of aliphatic hydroxyl groups is 1. The first-order valence-corrected chi connectivity index (χ1v) is 9.91. The number of para-hydroxylation sites is 1. The number of carbonyl (C=O) groups excluding carboxylic acids is 2. The number of aromatic amines is 1. The third-order valence-electron chi connectivity index (χ3n) is 4.89. The van der Waals surface area contributed by atoms with Crippen LogP contribution in [0.25, 0.3) is 11.0 Å². The summed E-state index contributed by atoms with van der Waals surface area (Å²) in [7, 11) is 0. The minimum absolute atomic E-state index is 0.0700. The van der Waals surface area contributed by atoms with Crippen molar-refractivity contribution in [2.75, 3.05) is 0 Å². The van der Waals surface area contributed by atoms with Crippen LogP contribution < -0.4 is 10.6 Å². The van der Waals surface area contributed by atoms with Crippen molar-refractivity contribution in [2.45, 2.75) is 44.9 Å². The lowest BCUT2D eigenvalue weighted by molar-refractivity contribution is -0.132. The lowest BCUT2D eigenvalue weighted by atomic mass is 10.1. The monoisotopic (exact) mass is 430 g/mol. The van der Waals surface area contributed by atoms with Gasteiger partial charge in [-0.05, 0) is 50.1 Å². The fourth-order valence-corrected chi connectivity index (χ4v) is 3.15. The highest BCUT2D eigenvalue weighted by Crippen LogP contribution is 2.18. The summed E-state index contributed by atoms with van der Waals surface area (Å²) < 4.78 is 26.8. The van der Waals surface area contributed by atoms with Crippen LogP contribution in [0.15, 0.2) is 42.5 Å². The smallest absolute Gasteiger partial charge is 0.245 e. The van der Waals surface area contributed by atoms with Crippen LogP contribution in [0.4, 0.5) is 8.78 Å². The van der Waals surface area contributed by atoms with Gasteiger partial charge in [0.2, 0.25) is 11.8 Å². The van der Waals surface area contributed by atoms with E-state index < -0.39 is 35.8 Å². The van der Waals surface area contributed by atoms with Gasteiger partial charge in [0.05, 0.1) is 17.7 Å². The van der Waals surface area contributed by atoms with Crippen LogP contribution in [0.1, 0.15) is 37.7 Å². The van der Waals surface area contributed by atoms with Crippen LogP contribution in [0.5, 0.6) is 0 Å². The molecule has 0 aliphatic heterocycles. The lowest BCUT2D eigenvalue weighted by Gasteiger charge is -2.22. The van der Waals surface area contributed by atoms with Gasteiger partial charge >= 0.3 is 0 Å². The molecule has 2 amide bonds. The number of H-pyrrole nitrogens is 1. The van der Waals surface area contributed by atoms with Crippen molar-refractivity contribution in [1.29, 1.82) is 0 Å². The molecule has 0 aliphatic rings. The van der Waals surface area contributed by atoms with Crippen molar-refractivity contribution >= 4 is 22.8 Å². The SMILES string of the molecule is CC(NC(=O)C(NC(=O)CCc1ccc(F)cc1)C(C)O)c1nc2c(F)cccc2[nH]1. The number of aliphatic hydroxyl groups excluding tert-OH is 1. The normalized spacial score (nSPS) is 14.1. The van der Waals surface area contributed by atoms with Crippen LogP contribution in [-0.4, -0.2) is 39.0 Å². The average molecular weight is 430 g/mol. The quantitative estimate of drug-likeness (QED) is 0.441. The second-order valence-electron chi connectivity index (χ2n) is 7.40. The predicted molar refractivity (Wildman–Crippen MR) is 111 cm³/mol. The van der Waals surface area contributed by atoms with E-state index in [2.05, 4.69) is 20.6 Å². The third kappa shape index (κ3) is 5.64. The molecular weight excluding hydrogens is 406 g/mol. The number of hydrogen-bond donors (Lipinski definition) is 4. The maximum Gasteiger partial charge on any atom is 0.245 e. The maximum absolute atomic E-state index is 13.8. The Labute approximate surface area is 177 Å². The number of aromatic nitrogens is 2. The van der Waals surface area contributed by atoms with Crippen LogP contribution in [0.2, 0.25) is 0 Å². The second kappa shape index (κ2) is 9.65. The molecule has 0 fully saturated rings. The van der Waals surface area contributed by atoms with Crippen molar-refractivity contribution in [3.63, 3.8) is 0 Å². The highest BCUT2D eigenvalue weighted by Gasteiger charge is 2.27. The first kappa shape index (κ1) is 22.4. The zero-order valence-electron chi connectivity index (χ0n) is 17.2. The Hall–Kier alpha value is -3.33. The summed E-state index contributed by atoms with van der Waals surface area (Å²) in [6.45, 7) is 3.05. The van der Waals surface area contributed by atoms with Gasteiger partial charge in [0.25, 0.3) is 0 Å². The predicted octanol–water partition coefficient (Wildman–Crippen LogP) is 2.52. The Morgan fingerprint density at radius 3 is 2.45 bits per heavy atom. The summed E-state index contributed by atoms with van der Waals surface area (Å²) in [5, 5.41) is 15.2. The maximum atomic E-state index is 13.8. The topological polar surface area (TPSA) is 107 Å². The molecule has 1 heterocycles. The zero-order chi connectivity index (χ0) is 22.5. The van der Waals surface area contributed by atoms with Gasteiger partial charge in [0.1, 0.15) is 23.2 Å². The van der Waals surface area contributed by atoms with Crippen LogP contribution in [0.3, 0.4) is 0 Å². The van der Waals surface area contributed by atoms with Gasteiger partial charge in [0.15, 0.2) is 5.82 Å². The Morgan fingerprint density at radius 2 is 1.81 bits per heavy atom. The summed E-state index contributed by atoms with van der Waals surface area (Å²) in [5.74, 6) is -1.52. The Bertz CT molecular complexity index is 1070. The van der Waals surface area contributed by atoms with Crippen LogP contribution >= 0.6 is 0 Å². The molecule has 164 valence electrons. The summed E-state index contributed by atoms with van der Waals surface area (Å²) in [6, 6.07) is 8.51. The molecule has 3 atom stereocenters. The molecular formula is C22H24F2N4O3. The molecule has 3 unspecified atom stereocenters. The van der Waals surface area contributed by atoms with E-state index >= 15 is 0 Å². The van der Waals surface area contributed by atoms with Gasteiger partial charge < -0.3 is 20.7 Å². The van der Waals surface area contributed by atoms with E-state index in [1.165, 1.54) is 25.1 Å². The number of fused-ring (bicyclic) bond motifs is 1. The van der Waals surface area contributed by atoms with E-state index in [1.807, 2.05) is 0 Å². The number of halogens is 2. The standard InChI is InChI=1S/C22H24F2N4O3/c1-12(21-26-17-5-3-4-16(24)20(17)28-21)25-22(31)19(13(2)29)27-18(30)11-8-14-6-9-15(23)10-7-14/h3-7,9-10,12-13,19,29H,8,11H2,1-2H3,(H,25,31)(H,26,28)(H,27,30). The van der Waals surface area contributed by atoms with E-state index in [4.69, 9.17) is 0 Å².